The Morgan fingerprint density at radius 1 is 1.16 bits per heavy atom. The lowest BCUT2D eigenvalue weighted by atomic mass is 9.82. The van der Waals surface area contributed by atoms with Crippen molar-refractivity contribution in [3.05, 3.63) is 23.8 Å². The zero-order valence-electron chi connectivity index (χ0n) is 12.1. The van der Waals surface area contributed by atoms with Crippen LogP contribution in [0.15, 0.2) is 18.2 Å². The minimum absolute atomic E-state index is 0.0264. The standard InChI is InChI=1S/C15H23NO3/c1-15(2,3)14(17-4)13(16)10-5-6-11-12(9-10)19-8-7-18-11/h5-6,9,13-14H,7-8,16H2,1-4H3. The van der Waals surface area contributed by atoms with Crippen molar-refractivity contribution in [1.82, 2.24) is 0 Å². The molecule has 0 fully saturated rings. The van der Waals surface area contributed by atoms with Crippen LogP contribution in [-0.4, -0.2) is 26.4 Å². The van der Waals surface area contributed by atoms with Crippen LogP contribution < -0.4 is 15.2 Å². The Hall–Kier alpha value is -1.26. The maximum Gasteiger partial charge on any atom is 0.161 e. The van der Waals surface area contributed by atoms with E-state index in [9.17, 15) is 0 Å². The van der Waals surface area contributed by atoms with Gasteiger partial charge in [0.05, 0.1) is 12.1 Å². The molecule has 0 amide bonds. The SMILES string of the molecule is COC(C(N)c1ccc2c(c1)OCCO2)C(C)(C)C. The van der Waals surface area contributed by atoms with Crippen LogP contribution in [0, 0.1) is 5.41 Å². The molecule has 0 saturated carbocycles. The van der Waals surface area contributed by atoms with Crippen molar-refractivity contribution < 1.29 is 14.2 Å². The Bertz CT molecular complexity index is 440. The summed E-state index contributed by atoms with van der Waals surface area (Å²) in [4.78, 5) is 0. The highest BCUT2D eigenvalue weighted by Gasteiger charge is 2.31. The first-order chi connectivity index (χ1) is 8.93. The van der Waals surface area contributed by atoms with Gasteiger partial charge in [-0.1, -0.05) is 26.8 Å². The van der Waals surface area contributed by atoms with Crippen LogP contribution in [0.1, 0.15) is 32.4 Å². The predicted molar refractivity (Wildman–Crippen MR) is 74.6 cm³/mol. The third kappa shape index (κ3) is 3.01. The van der Waals surface area contributed by atoms with Gasteiger partial charge < -0.3 is 19.9 Å². The van der Waals surface area contributed by atoms with E-state index in [4.69, 9.17) is 19.9 Å². The Kier molecular flexibility index (Phi) is 4.02. The number of methoxy groups -OCH3 is 1. The van der Waals surface area contributed by atoms with Gasteiger partial charge in [0, 0.05) is 7.11 Å². The van der Waals surface area contributed by atoms with Gasteiger partial charge in [0.25, 0.3) is 0 Å². The second kappa shape index (κ2) is 5.39. The summed E-state index contributed by atoms with van der Waals surface area (Å²) in [7, 11) is 1.70. The molecule has 2 rings (SSSR count). The molecule has 0 saturated heterocycles. The smallest absolute Gasteiger partial charge is 0.161 e. The van der Waals surface area contributed by atoms with E-state index in [0.717, 1.165) is 17.1 Å². The van der Waals surface area contributed by atoms with E-state index in [1.54, 1.807) is 7.11 Å². The highest BCUT2D eigenvalue weighted by molar-refractivity contribution is 5.44. The number of rotatable bonds is 3. The van der Waals surface area contributed by atoms with Crippen LogP contribution in [0.5, 0.6) is 11.5 Å². The second-order valence-corrected chi connectivity index (χ2v) is 5.95. The quantitative estimate of drug-likeness (QED) is 0.912. The van der Waals surface area contributed by atoms with Crippen LogP contribution in [0.4, 0.5) is 0 Å². The van der Waals surface area contributed by atoms with E-state index in [-0.39, 0.29) is 17.6 Å². The highest BCUT2D eigenvalue weighted by Crippen LogP contribution is 2.36. The number of benzene rings is 1. The molecule has 1 aromatic carbocycles. The first-order valence-corrected chi connectivity index (χ1v) is 6.61. The van der Waals surface area contributed by atoms with Crippen molar-refractivity contribution in [3.8, 4) is 11.5 Å². The van der Waals surface area contributed by atoms with Gasteiger partial charge in [-0.05, 0) is 23.1 Å². The lowest BCUT2D eigenvalue weighted by Crippen LogP contribution is -2.38. The Morgan fingerprint density at radius 2 is 1.79 bits per heavy atom. The molecular weight excluding hydrogens is 242 g/mol. The fourth-order valence-electron chi connectivity index (χ4n) is 2.48. The number of fused-ring (bicyclic) bond motifs is 1. The van der Waals surface area contributed by atoms with Gasteiger partial charge in [-0.2, -0.15) is 0 Å². The fraction of sp³-hybridized carbons (Fsp3) is 0.600. The van der Waals surface area contributed by atoms with Crippen molar-refractivity contribution >= 4 is 0 Å². The minimum atomic E-state index is -0.194. The molecule has 2 unspecified atom stereocenters. The first-order valence-electron chi connectivity index (χ1n) is 6.61. The summed E-state index contributed by atoms with van der Waals surface area (Å²) in [6.45, 7) is 7.55. The third-order valence-electron chi connectivity index (χ3n) is 3.38. The van der Waals surface area contributed by atoms with Crippen molar-refractivity contribution in [2.75, 3.05) is 20.3 Å². The molecule has 2 atom stereocenters. The first kappa shape index (κ1) is 14.2. The van der Waals surface area contributed by atoms with Gasteiger partial charge >= 0.3 is 0 Å². The maximum atomic E-state index is 6.35. The number of nitrogens with two attached hydrogens (primary N) is 1. The van der Waals surface area contributed by atoms with E-state index in [1.807, 2.05) is 18.2 Å². The van der Waals surface area contributed by atoms with E-state index in [2.05, 4.69) is 20.8 Å². The summed E-state index contributed by atoms with van der Waals surface area (Å²) in [5, 5.41) is 0. The molecule has 1 aliphatic rings. The predicted octanol–water partition coefficient (Wildman–Crippen LogP) is 2.52. The summed E-state index contributed by atoms with van der Waals surface area (Å²) in [5.74, 6) is 1.55. The number of ether oxygens (including phenoxy) is 3. The lowest BCUT2D eigenvalue weighted by molar-refractivity contribution is -0.00252. The van der Waals surface area contributed by atoms with Gasteiger partial charge in [-0.15, -0.1) is 0 Å². The summed E-state index contributed by atoms with van der Waals surface area (Å²) in [5.41, 5.74) is 7.33. The zero-order chi connectivity index (χ0) is 14.0. The average Bonchev–Trinajstić information content (AvgIpc) is 2.37. The Labute approximate surface area is 114 Å². The van der Waals surface area contributed by atoms with Gasteiger partial charge in [-0.3, -0.25) is 0 Å². The second-order valence-electron chi connectivity index (χ2n) is 5.95. The van der Waals surface area contributed by atoms with Gasteiger partial charge in [-0.25, -0.2) is 0 Å². The van der Waals surface area contributed by atoms with Crippen LogP contribution in [0.2, 0.25) is 0 Å². The van der Waals surface area contributed by atoms with Crippen molar-refractivity contribution in [2.45, 2.75) is 32.9 Å². The van der Waals surface area contributed by atoms with Crippen LogP contribution in [0.3, 0.4) is 0 Å². The summed E-state index contributed by atoms with van der Waals surface area (Å²) < 4.78 is 16.7. The molecule has 0 aliphatic carbocycles. The average molecular weight is 265 g/mol. The third-order valence-corrected chi connectivity index (χ3v) is 3.38. The van der Waals surface area contributed by atoms with Crippen molar-refractivity contribution in [3.63, 3.8) is 0 Å². The summed E-state index contributed by atoms with van der Waals surface area (Å²) >= 11 is 0. The molecule has 1 heterocycles. The van der Waals surface area contributed by atoms with Crippen molar-refractivity contribution in [1.29, 1.82) is 0 Å². The van der Waals surface area contributed by atoms with E-state index in [1.165, 1.54) is 0 Å². The molecule has 1 aliphatic heterocycles. The molecule has 19 heavy (non-hydrogen) atoms. The minimum Gasteiger partial charge on any atom is -0.486 e. The van der Waals surface area contributed by atoms with E-state index >= 15 is 0 Å². The van der Waals surface area contributed by atoms with Crippen LogP contribution >= 0.6 is 0 Å². The normalized spacial score (nSPS) is 17.9. The largest absolute Gasteiger partial charge is 0.486 e. The molecule has 4 heteroatoms. The van der Waals surface area contributed by atoms with Gasteiger partial charge in [0.1, 0.15) is 13.2 Å². The molecule has 0 spiro atoms. The summed E-state index contributed by atoms with van der Waals surface area (Å²) in [6.07, 6.45) is -0.0601. The van der Waals surface area contributed by atoms with Crippen molar-refractivity contribution in [2.24, 2.45) is 11.1 Å². The molecule has 2 N–H and O–H groups in total. The molecule has 4 nitrogen and oxygen atoms in total. The molecule has 0 aromatic heterocycles. The number of hydrogen-bond donors (Lipinski definition) is 1. The van der Waals surface area contributed by atoms with Gasteiger partial charge in [0.15, 0.2) is 11.5 Å². The van der Waals surface area contributed by atoms with Crippen LogP contribution in [0.25, 0.3) is 0 Å². The molecule has 0 bridgehead atoms. The van der Waals surface area contributed by atoms with Crippen LogP contribution in [-0.2, 0) is 4.74 Å². The molecule has 106 valence electrons. The zero-order valence-corrected chi connectivity index (χ0v) is 12.1. The topological polar surface area (TPSA) is 53.7 Å². The van der Waals surface area contributed by atoms with Gasteiger partial charge in [0.2, 0.25) is 0 Å². The van der Waals surface area contributed by atoms with E-state index < -0.39 is 0 Å². The Balaban J connectivity index is 2.25. The fourth-order valence-corrected chi connectivity index (χ4v) is 2.48. The molecular formula is C15H23NO3. The highest BCUT2D eigenvalue weighted by atomic mass is 16.6. The summed E-state index contributed by atoms with van der Waals surface area (Å²) in [6, 6.07) is 5.66. The lowest BCUT2D eigenvalue weighted by Gasteiger charge is -2.34. The monoisotopic (exact) mass is 265 g/mol. The Morgan fingerprint density at radius 3 is 2.37 bits per heavy atom. The number of hydrogen-bond acceptors (Lipinski definition) is 4. The van der Waals surface area contributed by atoms with E-state index in [0.29, 0.717) is 13.2 Å². The molecule has 1 aromatic rings. The maximum absolute atomic E-state index is 6.35. The molecule has 0 radical (unpaired) electrons.